The molecule has 2 aromatic rings. The van der Waals surface area contributed by atoms with Crippen molar-refractivity contribution in [2.24, 2.45) is 0 Å². The third-order valence-electron chi connectivity index (χ3n) is 4.19. The van der Waals surface area contributed by atoms with Crippen LogP contribution in [0.1, 0.15) is 32.4 Å². The molecule has 0 radical (unpaired) electrons. The third kappa shape index (κ3) is 2.67. The van der Waals surface area contributed by atoms with Gasteiger partial charge in [0.1, 0.15) is 0 Å². The predicted molar refractivity (Wildman–Crippen MR) is 85.2 cm³/mol. The molecule has 5 nitrogen and oxygen atoms in total. The second-order valence-corrected chi connectivity index (χ2v) is 7.13. The van der Waals surface area contributed by atoms with Crippen LogP contribution in [0.4, 0.5) is 5.82 Å². The zero-order valence-corrected chi connectivity index (χ0v) is 13.4. The topological polar surface area (TPSA) is 41.8 Å². The van der Waals surface area contributed by atoms with Crippen LogP contribution in [0, 0.1) is 0 Å². The lowest BCUT2D eigenvalue weighted by atomic mass is 10.2. The number of thiazole rings is 1. The van der Waals surface area contributed by atoms with Crippen molar-refractivity contribution in [1.29, 1.82) is 0 Å². The highest BCUT2D eigenvalue weighted by atomic mass is 32.1. The van der Waals surface area contributed by atoms with Crippen LogP contribution in [0.25, 0.3) is 4.96 Å². The van der Waals surface area contributed by atoms with Gasteiger partial charge in [-0.25, -0.2) is 4.98 Å². The second-order valence-electron chi connectivity index (χ2n) is 6.26. The molecule has 21 heavy (non-hydrogen) atoms. The minimum absolute atomic E-state index is 0.262. The molecule has 4 rings (SSSR count). The quantitative estimate of drug-likeness (QED) is 0.941. The van der Waals surface area contributed by atoms with Crippen LogP contribution >= 0.6 is 11.3 Å². The summed E-state index contributed by atoms with van der Waals surface area (Å²) in [6.45, 7) is 7.03. The maximum absolute atomic E-state index is 5.85. The van der Waals surface area contributed by atoms with E-state index in [0.717, 1.165) is 30.4 Å². The Bertz CT molecular complexity index is 623. The van der Waals surface area contributed by atoms with Crippen LogP contribution in [0.5, 0.6) is 0 Å². The summed E-state index contributed by atoms with van der Waals surface area (Å²) in [7, 11) is 0. The molecule has 1 aliphatic heterocycles. The van der Waals surface area contributed by atoms with E-state index in [9.17, 15) is 0 Å². The largest absolute Gasteiger partial charge is 0.372 e. The predicted octanol–water partition coefficient (Wildman–Crippen LogP) is 2.26. The first-order chi connectivity index (χ1) is 10.2. The van der Waals surface area contributed by atoms with E-state index >= 15 is 0 Å². The summed E-state index contributed by atoms with van der Waals surface area (Å²) in [6.07, 6.45) is 5.28. The fourth-order valence-corrected chi connectivity index (χ4v) is 3.85. The van der Waals surface area contributed by atoms with Gasteiger partial charge >= 0.3 is 0 Å². The first kappa shape index (κ1) is 13.5. The zero-order chi connectivity index (χ0) is 14.4. The molecule has 0 aromatic carbocycles. The van der Waals surface area contributed by atoms with Crippen LogP contribution in [-0.4, -0.2) is 40.7 Å². The molecule has 0 amide bonds. The molecule has 1 aliphatic carbocycles. The van der Waals surface area contributed by atoms with Gasteiger partial charge in [-0.15, -0.1) is 11.3 Å². The lowest BCUT2D eigenvalue weighted by Gasteiger charge is -2.36. The van der Waals surface area contributed by atoms with Crippen LogP contribution < -0.4 is 10.2 Å². The Kier molecular flexibility index (Phi) is 3.40. The molecule has 2 aliphatic rings. The Morgan fingerprint density at radius 1 is 1.33 bits per heavy atom. The van der Waals surface area contributed by atoms with Gasteiger partial charge in [0.05, 0.1) is 17.9 Å². The van der Waals surface area contributed by atoms with Gasteiger partial charge in [-0.05, 0) is 26.7 Å². The van der Waals surface area contributed by atoms with Crippen molar-refractivity contribution in [2.75, 3.05) is 18.0 Å². The first-order valence-electron chi connectivity index (χ1n) is 7.79. The monoisotopic (exact) mass is 306 g/mol. The van der Waals surface area contributed by atoms with E-state index in [1.165, 1.54) is 18.5 Å². The summed E-state index contributed by atoms with van der Waals surface area (Å²) in [5, 5.41) is 5.74. The van der Waals surface area contributed by atoms with Crippen molar-refractivity contribution in [3.05, 3.63) is 17.3 Å². The minimum Gasteiger partial charge on any atom is -0.372 e. The summed E-state index contributed by atoms with van der Waals surface area (Å²) in [6, 6.07) is 0.713. The van der Waals surface area contributed by atoms with Gasteiger partial charge in [-0.2, -0.15) is 0 Å². The maximum atomic E-state index is 5.85. The molecule has 1 saturated carbocycles. The zero-order valence-electron chi connectivity index (χ0n) is 12.6. The molecule has 0 bridgehead atoms. The van der Waals surface area contributed by atoms with Crippen molar-refractivity contribution < 1.29 is 4.74 Å². The number of morpholine rings is 1. The van der Waals surface area contributed by atoms with Gasteiger partial charge in [0.15, 0.2) is 10.8 Å². The number of imidazole rings is 1. The summed E-state index contributed by atoms with van der Waals surface area (Å²) >= 11 is 1.70. The van der Waals surface area contributed by atoms with Crippen molar-refractivity contribution in [1.82, 2.24) is 14.7 Å². The molecule has 2 atom stereocenters. The minimum atomic E-state index is 0.262. The molecule has 2 unspecified atom stereocenters. The second kappa shape index (κ2) is 5.26. The average molecular weight is 306 g/mol. The van der Waals surface area contributed by atoms with Crippen molar-refractivity contribution in [2.45, 2.75) is 51.5 Å². The number of fused-ring (bicyclic) bond motifs is 1. The molecule has 114 valence electrons. The Morgan fingerprint density at radius 2 is 2.10 bits per heavy atom. The SMILES string of the molecule is CC1CN(c2nc3sccn3c2CNC2CC2)CC(C)O1. The summed E-state index contributed by atoms with van der Waals surface area (Å²) < 4.78 is 8.09. The van der Waals surface area contributed by atoms with E-state index in [2.05, 4.69) is 40.0 Å². The van der Waals surface area contributed by atoms with Crippen molar-refractivity contribution in [3.63, 3.8) is 0 Å². The normalized spacial score (nSPS) is 26.7. The fourth-order valence-electron chi connectivity index (χ4n) is 3.12. The number of anilines is 1. The summed E-state index contributed by atoms with van der Waals surface area (Å²) in [4.78, 5) is 8.35. The number of hydrogen-bond donors (Lipinski definition) is 1. The molecule has 1 saturated heterocycles. The number of ether oxygens (including phenoxy) is 1. The van der Waals surface area contributed by atoms with Gasteiger partial charge in [0.2, 0.25) is 0 Å². The lowest BCUT2D eigenvalue weighted by Crippen LogP contribution is -2.46. The van der Waals surface area contributed by atoms with E-state index in [0.29, 0.717) is 6.04 Å². The molecule has 3 heterocycles. The number of aromatic nitrogens is 2. The number of hydrogen-bond acceptors (Lipinski definition) is 5. The molecule has 1 N–H and O–H groups in total. The Labute approximate surface area is 128 Å². The number of rotatable bonds is 4. The van der Waals surface area contributed by atoms with Crippen molar-refractivity contribution >= 4 is 22.1 Å². The number of nitrogens with one attached hydrogen (secondary N) is 1. The van der Waals surface area contributed by atoms with Crippen LogP contribution in [0.15, 0.2) is 11.6 Å². The van der Waals surface area contributed by atoms with Gasteiger partial charge < -0.3 is 15.0 Å². The van der Waals surface area contributed by atoms with E-state index < -0.39 is 0 Å². The van der Waals surface area contributed by atoms with Crippen molar-refractivity contribution in [3.8, 4) is 0 Å². The first-order valence-corrected chi connectivity index (χ1v) is 8.67. The Hall–Kier alpha value is -1.11. The number of nitrogens with zero attached hydrogens (tertiary/aromatic N) is 3. The average Bonchev–Trinajstić information content (AvgIpc) is 3.03. The standard InChI is InChI=1S/C15H22N4OS/c1-10-8-18(9-11(2)20-10)14-13(7-16-12-3-4-12)19-5-6-21-15(19)17-14/h5-6,10-12,16H,3-4,7-9H2,1-2H3. The molecule has 2 fully saturated rings. The Morgan fingerprint density at radius 3 is 2.81 bits per heavy atom. The molecule has 2 aromatic heterocycles. The highest BCUT2D eigenvalue weighted by Crippen LogP contribution is 2.28. The van der Waals surface area contributed by atoms with Gasteiger partial charge in [-0.3, -0.25) is 4.40 Å². The molecular formula is C15H22N4OS. The smallest absolute Gasteiger partial charge is 0.195 e. The maximum Gasteiger partial charge on any atom is 0.195 e. The van der Waals surface area contributed by atoms with Crippen LogP contribution in [0.3, 0.4) is 0 Å². The van der Waals surface area contributed by atoms with Gasteiger partial charge in [0.25, 0.3) is 0 Å². The molecule has 6 heteroatoms. The van der Waals surface area contributed by atoms with E-state index in [4.69, 9.17) is 9.72 Å². The summed E-state index contributed by atoms with van der Waals surface area (Å²) in [5.41, 5.74) is 1.29. The molecule has 0 spiro atoms. The third-order valence-corrected chi connectivity index (χ3v) is 4.95. The molecular weight excluding hydrogens is 284 g/mol. The van der Waals surface area contributed by atoms with E-state index in [-0.39, 0.29) is 12.2 Å². The van der Waals surface area contributed by atoms with Crippen LogP contribution in [0.2, 0.25) is 0 Å². The lowest BCUT2D eigenvalue weighted by molar-refractivity contribution is -0.00548. The fraction of sp³-hybridized carbons (Fsp3) is 0.667. The van der Waals surface area contributed by atoms with E-state index in [1.807, 2.05) is 0 Å². The summed E-state index contributed by atoms with van der Waals surface area (Å²) in [5.74, 6) is 1.14. The van der Waals surface area contributed by atoms with Crippen LogP contribution in [-0.2, 0) is 11.3 Å². The highest BCUT2D eigenvalue weighted by Gasteiger charge is 2.28. The van der Waals surface area contributed by atoms with Gasteiger partial charge in [0, 0.05) is 37.3 Å². The Balaban J connectivity index is 1.65. The van der Waals surface area contributed by atoms with Gasteiger partial charge in [-0.1, -0.05) is 0 Å². The van der Waals surface area contributed by atoms with E-state index in [1.54, 1.807) is 11.3 Å². The highest BCUT2D eigenvalue weighted by molar-refractivity contribution is 7.15.